The zero-order valence-electron chi connectivity index (χ0n) is 15.6. The molecule has 0 saturated heterocycles. The van der Waals surface area contributed by atoms with Gasteiger partial charge in [0.1, 0.15) is 5.75 Å². The monoisotopic (exact) mass is 350 g/mol. The first-order chi connectivity index (χ1) is 10.6. The van der Waals surface area contributed by atoms with Crippen LogP contribution in [-0.2, 0) is 11.2 Å². The molecule has 1 aromatic rings. The van der Waals surface area contributed by atoms with Crippen molar-refractivity contribution in [2.75, 3.05) is 13.2 Å². The van der Waals surface area contributed by atoms with Gasteiger partial charge < -0.3 is 9.47 Å². The number of fused-ring (bicyclic) bond motifs is 1. The Morgan fingerprint density at radius 1 is 1.17 bits per heavy atom. The normalized spacial score (nSPS) is 14.9. The van der Waals surface area contributed by atoms with Crippen molar-refractivity contribution in [2.24, 2.45) is 0 Å². The van der Waals surface area contributed by atoms with Crippen molar-refractivity contribution in [1.29, 1.82) is 0 Å². The van der Waals surface area contributed by atoms with Crippen LogP contribution in [0.4, 0.5) is 0 Å². The molecule has 0 bridgehead atoms. The Morgan fingerprint density at radius 3 is 2.35 bits per heavy atom. The summed E-state index contributed by atoms with van der Waals surface area (Å²) >= 11 is 0. The van der Waals surface area contributed by atoms with E-state index in [0.29, 0.717) is 6.61 Å². The zero-order chi connectivity index (χ0) is 17.4. The highest BCUT2D eigenvalue weighted by Gasteiger charge is 2.35. The maximum Gasteiger partial charge on any atom is 0.338 e. The van der Waals surface area contributed by atoms with E-state index in [0.717, 1.165) is 35.9 Å². The summed E-state index contributed by atoms with van der Waals surface area (Å²) in [6.45, 7) is 16.8. The van der Waals surface area contributed by atoms with Gasteiger partial charge in [0, 0.05) is 0 Å². The van der Waals surface area contributed by atoms with E-state index in [4.69, 9.17) is 9.47 Å². The molecule has 1 heterocycles. The SMILES string of the molecule is CCOC(=O)c1cc([Si](C)(C)C)c2c(c1[Si](C)(C)C)OCCC2. The van der Waals surface area contributed by atoms with Gasteiger partial charge in [-0.15, -0.1) is 0 Å². The van der Waals surface area contributed by atoms with E-state index < -0.39 is 16.1 Å². The van der Waals surface area contributed by atoms with Crippen LogP contribution in [0.15, 0.2) is 6.07 Å². The maximum absolute atomic E-state index is 12.6. The maximum atomic E-state index is 12.6. The highest BCUT2D eigenvalue weighted by atomic mass is 28.3. The van der Waals surface area contributed by atoms with Crippen molar-refractivity contribution in [2.45, 2.75) is 59.0 Å². The molecule has 3 nitrogen and oxygen atoms in total. The van der Waals surface area contributed by atoms with Crippen LogP contribution in [0.5, 0.6) is 5.75 Å². The van der Waals surface area contributed by atoms with Crippen LogP contribution >= 0.6 is 0 Å². The predicted molar refractivity (Wildman–Crippen MR) is 102 cm³/mol. The summed E-state index contributed by atoms with van der Waals surface area (Å²) in [6.07, 6.45) is 2.13. The predicted octanol–water partition coefficient (Wildman–Crippen LogP) is 3.28. The third-order valence-electron chi connectivity index (χ3n) is 4.26. The van der Waals surface area contributed by atoms with E-state index >= 15 is 0 Å². The summed E-state index contributed by atoms with van der Waals surface area (Å²) in [4.78, 5) is 12.6. The van der Waals surface area contributed by atoms with Gasteiger partial charge in [0.2, 0.25) is 0 Å². The van der Waals surface area contributed by atoms with Gasteiger partial charge in [0.25, 0.3) is 0 Å². The highest BCUT2D eigenvalue weighted by molar-refractivity contribution is 6.91. The molecule has 0 spiro atoms. The Kier molecular flexibility index (Phi) is 5.11. The van der Waals surface area contributed by atoms with E-state index in [2.05, 4.69) is 45.3 Å². The Morgan fingerprint density at radius 2 is 1.83 bits per heavy atom. The molecule has 1 aliphatic heterocycles. The Labute approximate surface area is 142 Å². The first kappa shape index (κ1) is 18.3. The lowest BCUT2D eigenvalue weighted by atomic mass is 10.0. The number of hydrogen-bond acceptors (Lipinski definition) is 3. The number of ether oxygens (including phenoxy) is 2. The minimum atomic E-state index is -1.74. The molecule has 0 N–H and O–H groups in total. The smallest absolute Gasteiger partial charge is 0.338 e. The van der Waals surface area contributed by atoms with Crippen molar-refractivity contribution in [3.8, 4) is 5.75 Å². The molecular weight excluding hydrogens is 320 g/mol. The molecule has 0 amide bonds. The van der Waals surface area contributed by atoms with Crippen LogP contribution in [-0.4, -0.2) is 35.3 Å². The molecule has 23 heavy (non-hydrogen) atoms. The molecule has 5 heteroatoms. The summed E-state index contributed by atoms with van der Waals surface area (Å²) in [5.74, 6) is 0.819. The fourth-order valence-electron chi connectivity index (χ4n) is 3.31. The van der Waals surface area contributed by atoms with Gasteiger partial charge in [-0.3, -0.25) is 0 Å². The third kappa shape index (κ3) is 3.71. The van der Waals surface area contributed by atoms with E-state index in [1.807, 2.05) is 6.92 Å². The molecular formula is C18H30O3Si2. The first-order valence-corrected chi connectivity index (χ1v) is 15.6. The van der Waals surface area contributed by atoms with Crippen LogP contribution in [0.2, 0.25) is 39.3 Å². The molecule has 0 aliphatic carbocycles. The highest BCUT2D eigenvalue weighted by Crippen LogP contribution is 2.28. The van der Waals surface area contributed by atoms with Gasteiger partial charge in [-0.25, -0.2) is 4.79 Å². The molecule has 128 valence electrons. The summed E-state index contributed by atoms with van der Waals surface area (Å²) in [7, 11) is -3.31. The minimum Gasteiger partial charge on any atom is -0.493 e. The average Bonchev–Trinajstić information content (AvgIpc) is 2.43. The van der Waals surface area contributed by atoms with E-state index in [1.165, 1.54) is 10.8 Å². The second kappa shape index (κ2) is 6.44. The standard InChI is InChI=1S/C18H30O3Si2/c1-8-20-18(19)14-12-15(22(2,3)4)13-10-9-11-21-16(13)17(14)23(5,6)7/h12H,8-11H2,1-7H3. The zero-order valence-corrected chi connectivity index (χ0v) is 17.6. The molecule has 0 unspecified atom stereocenters. The Balaban J connectivity index is 2.81. The van der Waals surface area contributed by atoms with Crippen LogP contribution in [0.1, 0.15) is 29.3 Å². The molecule has 2 rings (SSSR count). The van der Waals surface area contributed by atoms with Gasteiger partial charge in [-0.1, -0.05) is 44.5 Å². The fourth-order valence-corrected chi connectivity index (χ4v) is 6.92. The quantitative estimate of drug-likeness (QED) is 0.617. The van der Waals surface area contributed by atoms with Crippen LogP contribution < -0.4 is 15.1 Å². The average molecular weight is 351 g/mol. The van der Waals surface area contributed by atoms with Gasteiger partial charge in [0.05, 0.1) is 34.9 Å². The number of carbonyl (C=O) groups is 1. The number of carbonyl (C=O) groups excluding carboxylic acids is 1. The molecule has 0 aromatic heterocycles. The lowest BCUT2D eigenvalue weighted by Gasteiger charge is -2.33. The van der Waals surface area contributed by atoms with Crippen molar-refractivity contribution < 1.29 is 14.3 Å². The molecule has 0 radical (unpaired) electrons. The number of benzene rings is 1. The second-order valence-electron chi connectivity index (χ2n) is 8.33. The van der Waals surface area contributed by atoms with E-state index in [-0.39, 0.29) is 5.97 Å². The van der Waals surface area contributed by atoms with Crippen LogP contribution in [0.25, 0.3) is 0 Å². The largest absolute Gasteiger partial charge is 0.493 e. The van der Waals surface area contributed by atoms with Crippen LogP contribution in [0.3, 0.4) is 0 Å². The van der Waals surface area contributed by atoms with Crippen molar-refractivity contribution >= 4 is 32.5 Å². The van der Waals surface area contributed by atoms with Gasteiger partial charge in [-0.2, -0.15) is 0 Å². The number of rotatable bonds is 4. The molecule has 0 fully saturated rings. The van der Waals surface area contributed by atoms with Crippen molar-refractivity contribution in [1.82, 2.24) is 0 Å². The molecule has 0 saturated carbocycles. The van der Waals surface area contributed by atoms with Crippen molar-refractivity contribution in [3.05, 3.63) is 17.2 Å². The summed E-state index contributed by atoms with van der Waals surface area (Å²) < 4.78 is 11.5. The lowest BCUT2D eigenvalue weighted by Crippen LogP contribution is -2.49. The second-order valence-corrected chi connectivity index (χ2v) is 18.4. The van der Waals surface area contributed by atoms with E-state index in [1.54, 1.807) is 0 Å². The fraction of sp³-hybridized carbons (Fsp3) is 0.611. The molecule has 1 aliphatic rings. The summed E-state index contributed by atoms with van der Waals surface area (Å²) in [6, 6.07) is 2.14. The summed E-state index contributed by atoms with van der Waals surface area (Å²) in [5, 5.41) is 2.50. The number of hydrogen-bond donors (Lipinski definition) is 0. The lowest BCUT2D eigenvalue weighted by molar-refractivity contribution is 0.0527. The Hall–Kier alpha value is -1.08. The summed E-state index contributed by atoms with van der Waals surface area (Å²) in [5.41, 5.74) is 2.12. The number of esters is 1. The van der Waals surface area contributed by atoms with Crippen molar-refractivity contribution in [3.63, 3.8) is 0 Å². The molecule has 1 aromatic carbocycles. The minimum absolute atomic E-state index is 0.193. The van der Waals surface area contributed by atoms with E-state index in [9.17, 15) is 4.79 Å². The van der Waals surface area contributed by atoms with Gasteiger partial charge in [-0.05, 0) is 36.6 Å². The Bertz CT molecular complexity index is 610. The van der Waals surface area contributed by atoms with Crippen LogP contribution in [0, 0.1) is 0 Å². The first-order valence-electron chi connectivity index (χ1n) is 8.58. The molecule has 0 atom stereocenters. The topological polar surface area (TPSA) is 35.5 Å². The van der Waals surface area contributed by atoms with Gasteiger partial charge in [0.15, 0.2) is 0 Å². The van der Waals surface area contributed by atoms with Gasteiger partial charge >= 0.3 is 5.97 Å². The third-order valence-corrected chi connectivity index (χ3v) is 8.31.